The maximum absolute atomic E-state index is 11.9. The van der Waals surface area contributed by atoms with Crippen LogP contribution in [-0.4, -0.2) is 24.6 Å². The van der Waals surface area contributed by atoms with Gasteiger partial charge in [-0.1, -0.05) is 33.6 Å². The lowest BCUT2D eigenvalue weighted by Gasteiger charge is -2.06. The molecular formula is C16H13BrClN3O3. The number of carbonyl (C=O) groups is 2. The Morgan fingerprint density at radius 2 is 2.08 bits per heavy atom. The van der Waals surface area contributed by atoms with Crippen molar-refractivity contribution in [1.82, 2.24) is 5.43 Å². The van der Waals surface area contributed by atoms with Crippen LogP contribution in [0.25, 0.3) is 0 Å². The quantitative estimate of drug-likeness (QED) is 0.566. The van der Waals surface area contributed by atoms with E-state index in [1.54, 1.807) is 36.4 Å². The SMILES string of the molecule is NC(=O)COc1ccc(C=NNC(=O)c2cccc(Br)c2)cc1Cl. The minimum Gasteiger partial charge on any atom is -0.482 e. The first-order valence-electron chi connectivity index (χ1n) is 6.75. The molecule has 0 radical (unpaired) electrons. The summed E-state index contributed by atoms with van der Waals surface area (Å²) in [5.41, 5.74) is 8.56. The van der Waals surface area contributed by atoms with Gasteiger partial charge in [-0.05, 0) is 42.0 Å². The first-order chi connectivity index (χ1) is 11.5. The lowest BCUT2D eigenvalue weighted by atomic mass is 10.2. The molecule has 0 aromatic heterocycles. The Labute approximate surface area is 151 Å². The molecule has 0 spiro atoms. The summed E-state index contributed by atoms with van der Waals surface area (Å²) in [6, 6.07) is 11.8. The second kappa shape index (κ2) is 8.47. The number of nitrogens with zero attached hydrogens (tertiary/aromatic N) is 1. The van der Waals surface area contributed by atoms with Crippen molar-refractivity contribution in [2.75, 3.05) is 6.61 Å². The molecule has 6 nitrogen and oxygen atoms in total. The Kier molecular flexibility index (Phi) is 6.34. The monoisotopic (exact) mass is 409 g/mol. The fraction of sp³-hybridized carbons (Fsp3) is 0.0625. The second-order valence-corrected chi connectivity index (χ2v) is 5.98. The fourth-order valence-electron chi connectivity index (χ4n) is 1.72. The lowest BCUT2D eigenvalue weighted by molar-refractivity contribution is -0.119. The lowest BCUT2D eigenvalue weighted by Crippen LogP contribution is -2.20. The summed E-state index contributed by atoms with van der Waals surface area (Å²) in [5.74, 6) is -0.585. The molecule has 3 N–H and O–H groups in total. The topological polar surface area (TPSA) is 93.8 Å². The smallest absolute Gasteiger partial charge is 0.271 e. The van der Waals surface area contributed by atoms with Gasteiger partial charge in [-0.2, -0.15) is 5.10 Å². The van der Waals surface area contributed by atoms with Crippen LogP contribution in [0.15, 0.2) is 52.0 Å². The summed E-state index contributed by atoms with van der Waals surface area (Å²) in [6.45, 7) is -0.254. The predicted octanol–water partition coefficient (Wildman–Crippen LogP) is 2.73. The molecule has 0 aliphatic carbocycles. The molecular weight excluding hydrogens is 398 g/mol. The number of hydrogen-bond acceptors (Lipinski definition) is 4. The summed E-state index contributed by atoms with van der Waals surface area (Å²) >= 11 is 9.33. The summed E-state index contributed by atoms with van der Waals surface area (Å²) in [5, 5.41) is 4.18. The van der Waals surface area contributed by atoms with Gasteiger partial charge in [0.1, 0.15) is 5.75 Å². The summed E-state index contributed by atoms with van der Waals surface area (Å²) in [7, 11) is 0. The van der Waals surface area contributed by atoms with Gasteiger partial charge in [0.25, 0.3) is 11.8 Å². The van der Waals surface area contributed by atoms with Crippen molar-refractivity contribution in [2.24, 2.45) is 10.8 Å². The first kappa shape index (κ1) is 18.0. The van der Waals surface area contributed by atoms with E-state index in [9.17, 15) is 9.59 Å². The molecule has 0 atom stereocenters. The van der Waals surface area contributed by atoms with Gasteiger partial charge in [-0.15, -0.1) is 0 Å². The van der Waals surface area contributed by atoms with Crippen molar-refractivity contribution in [3.8, 4) is 5.75 Å². The van der Waals surface area contributed by atoms with Gasteiger partial charge in [0.05, 0.1) is 11.2 Å². The summed E-state index contributed by atoms with van der Waals surface area (Å²) in [6.07, 6.45) is 1.44. The highest BCUT2D eigenvalue weighted by Crippen LogP contribution is 2.24. The standard InChI is InChI=1S/C16H13BrClN3O3/c17-12-3-1-2-11(7-12)16(23)21-20-8-10-4-5-14(13(18)6-10)24-9-15(19)22/h1-8H,9H2,(H2,19,22)(H,21,23). The first-order valence-corrected chi connectivity index (χ1v) is 7.92. The minimum atomic E-state index is -0.591. The van der Waals surface area contributed by atoms with E-state index in [0.717, 1.165) is 4.47 Å². The van der Waals surface area contributed by atoms with Gasteiger partial charge in [-0.3, -0.25) is 9.59 Å². The van der Waals surface area contributed by atoms with E-state index in [2.05, 4.69) is 26.5 Å². The molecule has 124 valence electrons. The average Bonchev–Trinajstić information content (AvgIpc) is 2.53. The molecule has 2 rings (SSSR count). The van der Waals surface area contributed by atoms with E-state index < -0.39 is 5.91 Å². The van der Waals surface area contributed by atoms with E-state index in [4.69, 9.17) is 22.1 Å². The van der Waals surface area contributed by atoms with Crippen molar-refractivity contribution in [2.45, 2.75) is 0 Å². The molecule has 2 amide bonds. The largest absolute Gasteiger partial charge is 0.482 e. The van der Waals surface area contributed by atoms with Crippen LogP contribution < -0.4 is 15.9 Å². The van der Waals surface area contributed by atoms with E-state index in [1.165, 1.54) is 6.21 Å². The molecule has 2 aromatic rings. The number of hydrogen-bond donors (Lipinski definition) is 2. The van der Waals surface area contributed by atoms with Crippen LogP contribution in [-0.2, 0) is 4.79 Å². The molecule has 0 aliphatic heterocycles. The number of amides is 2. The second-order valence-electron chi connectivity index (χ2n) is 4.65. The molecule has 8 heteroatoms. The Morgan fingerprint density at radius 3 is 2.75 bits per heavy atom. The molecule has 0 heterocycles. The van der Waals surface area contributed by atoms with Crippen LogP contribution in [0, 0.1) is 0 Å². The number of halogens is 2. The van der Waals surface area contributed by atoms with Crippen LogP contribution in [0.3, 0.4) is 0 Å². The van der Waals surface area contributed by atoms with Crippen molar-refractivity contribution >= 4 is 45.6 Å². The Morgan fingerprint density at radius 1 is 1.29 bits per heavy atom. The molecule has 2 aromatic carbocycles. The van der Waals surface area contributed by atoms with Gasteiger partial charge < -0.3 is 10.5 Å². The third-order valence-electron chi connectivity index (χ3n) is 2.79. The Hall–Kier alpha value is -2.38. The maximum atomic E-state index is 11.9. The van der Waals surface area contributed by atoms with E-state index in [1.807, 2.05) is 6.07 Å². The number of nitrogens with two attached hydrogens (primary N) is 1. The molecule has 0 saturated heterocycles. The third kappa shape index (κ3) is 5.36. The van der Waals surface area contributed by atoms with Crippen molar-refractivity contribution in [3.63, 3.8) is 0 Å². The average molecular weight is 411 g/mol. The zero-order valence-corrected chi connectivity index (χ0v) is 14.7. The molecule has 0 saturated carbocycles. The van der Waals surface area contributed by atoms with Crippen LogP contribution in [0.1, 0.15) is 15.9 Å². The number of benzene rings is 2. The highest BCUT2D eigenvalue weighted by atomic mass is 79.9. The zero-order valence-electron chi connectivity index (χ0n) is 12.3. The predicted molar refractivity (Wildman–Crippen MR) is 95.3 cm³/mol. The van der Waals surface area contributed by atoms with Crippen molar-refractivity contribution in [1.29, 1.82) is 0 Å². The normalized spacial score (nSPS) is 10.6. The molecule has 0 bridgehead atoms. The van der Waals surface area contributed by atoms with Crippen LogP contribution >= 0.6 is 27.5 Å². The van der Waals surface area contributed by atoms with E-state index in [0.29, 0.717) is 21.9 Å². The third-order valence-corrected chi connectivity index (χ3v) is 3.58. The van der Waals surface area contributed by atoms with Crippen LogP contribution in [0.4, 0.5) is 0 Å². The Balaban J connectivity index is 1.98. The molecule has 0 aliphatic rings. The molecule has 0 fully saturated rings. The molecule has 0 unspecified atom stereocenters. The fourth-order valence-corrected chi connectivity index (χ4v) is 2.37. The van der Waals surface area contributed by atoms with Gasteiger partial charge in [0.15, 0.2) is 6.61 Å². The van der Waals surface area contributed by atoms with Crippen molar-refractivity contribution < 1.29 is 14.3 Å². The van der Waals surface area contributed by atoms with Crippen LogP contribution in [0.2, 0.25) is 5.02 Å². The number of ether oxygens (including phenoxy) is 1. The van der Waals surface area contributed by atoms with Gasteiger partial charge >= 0.3 is 0 Å². The zero-order chi connectivity index (χ0) is 17.5. The summed E-state index contributed by atoms with van der Waals surface area (Å²) in [4.78, 5) is 22.6. The van der Waals surface area contributed by atoms with Crippen molar-refractivity contribution in [3.05, 3.63) is 63.1 Å². The number of nitrogens with one attached hydrogen (secondary N) is 1. The van der Waals surface area contributed by atoms with E-state index in [-0.39, 0.29) is 12.5 Å². The maximum Gasteiger partial charge on any atom is 0.271 e. The minimum absolute atomic E-state index is 0.254. The highest BCUT2D eigenvalue weighted by Gasteiger charge is 2.05. The number of carbonyl (C=O) groups excluding carboxylic acids is 2. The van der Waals surface area contributed by atoms with Gasteiger partial charge in [-0.25, -0.2) is 5.43 Å². The molecule has 24 heavy (non-hydrogen) atoms. The van der Waals surface area contributed by atoms with Crippen LogP contribution in [0.5, 0.6) is 5.75 Å². The summed E-state index contributed by atoms with van der Waals surface area (Å²) < 4.78 is 5.94. The highest BCUT2D eigenvalue weighted by molar-refractivity contribution is 9.10. The number of rotatable bonds is 6. The number of primary amides is 1. The number of hydrazone groups is 1. The van der Waals surface area contributed by atoms with Gasteiger partial charge in [0.2, 0.25) is 0 Å². The Bertz CT molecular complexity index is 796. The van der Waals surface area contributed by atoms with Gasteiger partial charge in [0, 0.05) is 10.0 Å². The van der Waals surface area contributed by atoms with E-state index >= 15 is 0 Å².